The van der Waals surface area contributed by atoms with Gasteiger partial charge < -0.3 is 10.1 Å². The molecule has 0 saturated heterocycles. The number of carbonyl (C=O) groups excluding carboxylic acids is 2. The van der Waals surface area contributed by atoms with E-state index >= 15 is 0 Å². The fraction of sp³-hybridized carbons (Fsp3) is 0.214. The van der Waals surface area contributed by atoms with E-state index in [0.29, 0.717) is 29.2 Å². The average Bonchev–Trinajstić information content (AvgIpc) is 3.03. The van der Waals surface area contributed by atoms with Gasteiger partial charge in [-0.1, -0.05) is 24.3 Å². The van der Waals surface area contributed by atoms with Crippen LogP contribution in [-0.2, 0) is 9.59 Å². The highest BCUT2D eigenvalue weighted by molar-refractivity contribution is 6.46. The smallest absolute Gasteiger partial charge is 0.282 e. The predicted octanol–water partition coefficient (Wildman–Crippen LogP) is 5.72. The van der Waals surface area contributed by atoms with Gasteiger partial charge in [-0.3, -0.25) is 9.59 Å². The van der Waals surface area contributed by atoms with Gasteiger partial charge in [0, 0.05) is 5.69 Å². The van der Waals surface area contributed by atoms with E-state index < -0.39 is 0 Å². The van der Waals surface area contributed by atoms with Crippen molar-refractivity contribution in [1.82, 2.24) is 0 Å². The van der Waals surface area contributed by atoms with Crippen LogP contribution in [0.3, 0.4) is 0 Å². The van der Waals surface area contributed by atoms with Crippen LogP contribution in [0.1, 0.15) is 34.7 Å². The summed E-state index contributed by atoms with van der Waals surface area (Å²) in [5.41, 5.74) is 6.99. The second-order valence-corrected chi connectivity index (χ2v) is 8.35. The number of nitrogens with one attached hydrogen (secondary N) is 1. The topological polar surface area (TPSA) is 58.6 Å². The van der Waals surface area contributed by atoms with Crippen LogP contribution in [-0.4, -0.2) is 18.4 Å². The second-order valence-electron chi connectivity index (χ2n) is 8.35. The Bertz CT molecular complexity index is 1270. The monoisotopic (exact) mass is 440 g/mol. The first-order valence-corrected chi connectivity index (χ1v) is 11.1. The number of benzene rings is 3. The number of hydrogen-bond acceptors (Lipinski definition) is 4. The molecule has 2 amide bonds. The van der Waals surface area contributed by atoms with Crippen molar-refractivity contribution >= 4 is 28.8 Å². The van der Waals surface area contributed by atoms with Gasteiger partial charge in [-0.2, -0.15) is 0 Å². The van der Waals surface area contributed by atoms with Crippen molar-refractivity contribution in [3.63, 3.8) is 0 Å². The van der Waals surface area contributed by atoms with Crippen LogP contribution in [0, 0.1) is 27.7 Å². The van der Waals surface area contributed by atoms with Gasteiger partial charge in [-0.05, 0) is 98.8 Å². The number of ether oxygens (including phenoxy) is 1. The highest BCUT2D eigenvalue weighted by Crippen LogP contribution is 2.35. The number of amides is 2. The number of anilines is 2. The molecule has 33 heavy (non-hydrogen) atoms. The molecule has 1 aliphatic rings. The lowest BCUT2D eigenvalue weighted by Gasteiger charge is -2.17. The molecular formula is C28H28N2O3. The number of aryl methyl sites for hydroxylation is 4. The van der Waals surface area contributed by atoms with Gasteiger partial charge in [0.05, 0.1) is 17.9 Å². The van der Waals surface area contributed by atoms with Gasteiger partial charge in [0.1, 0.15) is 11.4 Å². The largest absolute Gasteiger partial charge is 0.494 e. The summed E-state index contributed by atoms with van der Waals surface area (Å²) in [6.07, 6.45) is 0. The van der Waals surface area contributed by atoms with Crippen molar-refractivity contribution in [3.05, 3.63) is 94.2 Å². The molecule has 0 radical (unpaired) electrons. The normalized spacial score (nSPS) is 13.7. The van der Waals surface area contributed by atoms with E-state index in [-0.39, 0.29) is 17.5 Å². The van der Waals surface area contributed by atoms with Crippen molar-refractivity contribution in [1.29, 1.82) is 0 Å². The third kappa shape index (κ3) is 4.27. The molecule has 1 N–H and O–H groups in total. The molecule has 3 aromatic carbocycles. The Hall–Kier alpha value is -3.86. The zero-order valence-corrected chi connectivity index (χ0v) is 19.7. The Morgan fingerprint density at radius 1 is 0.758 bits per heavy atom. The summed E-state index contributed by atoms with van der Waals surface area (Å²) in [6, 6.07) is 18.8. The van der Waals surface area contributed by atoms with E-state index in [4.69, 9.17) is 4.74 Å². The van der Waals surface area contributed by atoms with Gasteiger partial charge in [-0.25, -0.2) is 4.90 Å². The summed E-state index contributed by atoms with van der Waals surface area (Å²) in [5, 5.41) is 3.24. The highest BCUT2D eigenvalue weighted by Gasteiger charge is 2.40. The maximum absolute atomic E-state index is 13.6. The van der Waals surface area contributed by atoms with E-state index in [1.54, 1.807) is 0 Å². The lowest BCUT2D eigenvalue weighted by Crippen LogP contribution is -2.32. The van der Waals surface area contributed by atoms with Gasteiger partial charge >= 0.3 is 0 Å². The molecule has 0 atom stereocenters. The third-order valence-electron chi connectivity index (χ3n) is 6.06. The third-order valence-corrected chi connectivity index (χ3v) is 6.06. The molecule has 0 aliphatic carbocycles. The Morgan fingerprint density at radius 3 is 2.00 bits per heavy atom. The molecule has 0 bridgehead atoms. The Morgan fingerprint density at radius 2 is 1.39 bits per heavy atom. The van der Waals surface area contributed by atoms with Crippen LogP contribution < -0.4 is 15.0 Å². The van der Waals surface area contributed by atoms with Crippen LogP contribution >= 0.6 is 0 Å². The van der Waals surface area contributed by atoms with Crippen LogP contribution in [0.15, 0.2) is 66.4 Å². The summed E-state index contributed by atoms with van der Waals surface area (Å²) in [7, 11) is 0. The summed E-state index contributed by atoms with van der Waals surface area (Å²) >= 11 is 0. The van der Waals surface area contributed by atoms with Crippen LogP contribution in [0.25, 0.3) is 5.57 Å². The Balaban J connectivity index is 1.80. The zero-order chi connectivity index (χ0) is 23.7. The number of carbonyl (C=O) groups is 2. The molecule has 3 aromatic rings. The molecule has 4 rings (SSSR count). The molecule has 5 nitrogen and oxygen atoms in total. The van der Waals surface area contributed by atoms with Crippen LogP contribution in [0.5, 0.6) is 5.75 Å². The second kappa shape index (κ2) is 8.94. The van der Waals surface area contributed by atoms with Crippen LogP contribution in [0.4, 0.5) is 11.4 Å². The highest BCUT2D eigenvalue weighted by atomic mass is 16.5. The minimum atomic E-state index is -0.370. The molecule has 0 fully saturated rings. The fourth-order valence-corrected chi connectivity index (χ4v) is 3.86. The van der Waals surface area contributed by atoms with Gasteiger partial charge in [0.15, 0.2) is 0 Å². The number of imide groups is 1. The SMILES string of the molecule is CCOc1ccc(C2=C(Nc3ccc(C)c(C)c3)C(=O)N(c3ccc(C)c(C)c3)C2=O)cc1. The van der Waals surface area contributed by atoms with E-state index in [0.717, 1.165) is 27.9 Å². The van der Waals surface area contributed by atoms with E-state index in [1.807, 2.05) is 95.3 Å². The Labute approximate surface area is 194 Å². The van der Waals surface area contributed by atoms with Crippen molar-refractivity contribution < 1.29 is 14.3 Å². The molecule has 0 unspecified atom stereocenters. The quantitative estimate of drug-likeness (QED) is 0.499. The number of nitrogens with zero attached hydrogens (tertiary/aromatic N) is 1. The molecule has 0 saturated carbocycles. The molecular weight excluding hydrogens is 412 g/mol. The molecule has 5 heteroatoms. The molecule has 0 aromatic heterocycles. The number of hydrogen-bond donors (Lipinski definition) is 1. The van der Waals surface area contributed by atoms with Crippen molar-refractivity contribution in [2.24, 2.45) is 0 Å². The molecule has 0 spiro atoms. The van der Waals surface area contributed by atoms with E-state index in [2.05, 4.69) is 5.32 Å². The average molecular weight is 441 g/mol. The maximum atomic E-state index is 13.6. The van der Waals surface area contributed by atoms with Gasteiger partial charge in [0.25, 0.3) is 11.8 Å². The summed E-state index contributed by atoms with van der Waals surface area (Å²) in [4.78, 5) is 28.5. The lowest BCUT2D eigenvalue weighted by molar-refractivity contribution is -0.120. The minimum absolute atomic E-state index is 0.269. The summed E-state index contributed by atoms with van der Waals surface area (Å²) in [5.74, 6) is -0.00239. The summed E-state index contributed by atoms with van der Waals surface area (Å²) < 4.78 is 5.54. The standard InChI is InChI=1S/C28H28N2O3/c1-6-33-24-13-9-21(10-14-24)25-26(29-22-11-7-17(2)19(4)15-22)28(32)30(27(25)31)23-12-8-18(3)20(5)16-23/h7-16,29H,6H2,1-5H3. The number of rotatable bonds is 6. The molecule has 168 valence electrons. The maximum Gasteiger partial charge on any atom is 0.282 e. The molecule has 1 aliphatic heterocycles. The Kier molecular flexibility index (Phi) is 6.05. The summed E-state index contributed by atoms with van der Waals surface area (Å²) in [6.45, 7) is 10.5. The molecule has 1 heterocycles. The van der Waals surface area contributed by atoms with Gasteiger partial charge in [-0.15, -0.1) is 0 Å². The van der Waals surface area contributed by atoms with Crippen LogP contribution in [0.2, 0.25) is 0 Å². The van der Waals surface area contributed by atoms with Crippen molar-refractivity contribution in [2.45, 2.75) is 34.6 Å². The van der Waals surface area contributed by atoms with E-state index in [1.165, 1.54) is 4.90 Å². The van der Waals surface area contributed by atoms with Crippen molar-refractivity contribution in [3.8, 4) is 5.75 Å². The van der Waals surface area contributed by atoms with Crippen molar-refractivity contribution in [2.75, 3.05) is 16.8 Å². The van der Waals surface area contributed by atoms with E-state index in [9.17, 15) is 9.59 Å². The lowest BCUT2D eigenvalue weighted by atomic mass is 10.0. The first kappa shape index (κ1) is 22.3. The fourth-order valence-electron chi connectivity index (χ4n) is 3.86. The first-order valence-electron chi connectivity index (χ1n) is 11.1. The predicted molar refractivity (Wildman–Crippen MR) is 132 cm³/mol. The zero-order valence-electron chi connectivity index (χ0n) is 19.7. The van der Waals surface area contributed by atoms with Gasteiger partial charge in [0.2, 0.25) is 0 Å². The first-order chi connectivity index (χ1) is 15.8. The minimum Gasteiger partial charge on any atom is -0.494 e.